The lowest BCUT2D eigenvalue weighted by molar-refractivity contribution is 0.0954. The molecule has 2 aromatic carbocycles. The molecule has 30 heavy (non-hydrogen) atoms. The summed E-state index contributed by atoms with van der Waals surface area (Å²) in [5, 5.41) is 6.81. The fraction of sp³-hybridized carbons (Fsp3) is 0.190. The molecule has 0 aliphatic carbocycles. The number of carbonyl (C=O) groups excluding carboxylic acids is 1. The smallest absolute Gasteiger partial charge is 0.291 e. The minimum absolute atomic E-state index is 0.0865. The maximum Gasteiger partial charge on any atom is 0.291 e. The van der Waals surface area contributed by atoms with E-state index in [0.29, 0.717) is 35.7 Å². The molecule has 3 aromatic rings. The average molecular weight is 448 g/mol. The van der Waals surface area contributed by atoms with Crippen LogP contribution < -0.4 is 20.3 Å². The van der Waals surface area contributed by atoms with Gasteiger partial charge in [0.25, 0.3) is 11.5 Å². The fourth-order valence-corrected chi connectivity index (χ4v) is 3.06. The van der Waals surface area contributed by atoms with Gasteiger partial charge in [-0.05, 0) is 48.4 Å². The monoisotopic (exact) mass is 447 g/mol. The van der Waals surface area contributed by atoms with Crippen LogP contribution in [0, 0.1) is 0 Å². The largest absolute Gasteiger partial charge is 0.493 e. The Morgan fingerprint density at radius 2 is 1.77 bits per heavy atom. The molecule has 1 N–H and O–H groups in total. The Kier molecular flexibility index (Phi) is 6.97. The number of methoxy groups -OCH3 is 2. The predicted octanol–water partition coefficient (Wildman–Crippen LogP) is 3.53. The molecular weight excluding hydrogens is 429 g/mol. The van der Waals surface area contributed by atoms with E-state index in [1.54, 1.807) is 38.5 Å². The van der Waals surface area contributed by atoms with Crippen LogP contribution in [-0.4, -0.2) is 36.5 Å². The summed E-state index contributed by atoms with van der Waals surface area (Å²) in [6.07, 6.45) is 1.92. The summed E-state index contributed by atoms with van der Waals surface area (Å²) in [5.74, 6) is 1.07. The van der Waals surface area contributed by atoms with Crippen molar-refractivity contribution in [2.75, 3.05) is 20.8 Å². The van der Waals surface area contributed by atoms with Crippen molar-refractivity contribution in [2.24, 2.45) is 0 Å². The second-order valence-corrected chi connectivity index (χ2v) is 7.05. The Bertz CT molecular complexity index is 1110. The first-order chi connectivity index (χ1) is 14.4. The van der Waals surface area contributed by atoms with E-state index in [4.69, 9.17) is 32.7 Å². The van der Waals surface area contributed by atoms with Crippen molar-refractivity contribution in [1.82, 2.24) is 15.1 Å². The van der Waals surface area contributed by atoms with Crippen LogP contribution in [0.1, 0.15) is 15.9 Å². The molecule has 0 radical (unpaired) electrons. The summed E-state index contributed by atoms with van der Waals surface area (Å²) in [6, 6.07) is 12.1. The number of halogens is 2. The van der Waals surface area contributed by atoms with Crippen molar-refractivity contribution >= 4 is 29.1 Å². The molecule has 1 heterocycles. The summed E-state index contributed by atoms with van der Waals surface area (Å²) >= 11 is 11.7. The number of nitrogens with zero attached hydrogens (tertiary/aromatic N) is 2. The molecule has 9 heteroatoms. The van der Waals surface area contributed by atoms with Gasteiger partial charge in [-0.2, -0.15) is 9.78 Å². The number of amides is 1. The molecule has 0 saturated carbocycles. The second kappa shape index (κ2) is 9.65. The van der Waals surface area contributed by atoms with Gasteiger partial charge in [0, 0.05) is 12.1 Å². The highest BCUT2D eigenvalue weighted by atomic mass is 35.5. The summed E-state index contributed by atoms with van der Waals surface area (Å²) < 4.78 is 11.6. The van der Waals surface area contributed by atoms with Crippen molar-refractivity contribution in [3.63, 3.8) is 0 Å². The fourth-order valence-electron chi connectivity index (χ4n) is 2.81. The zero-order valence-electron chi connectivity index (χ0n) is 16.3. The zero-order valence-corrected chi connectivity index (χ0v) is 17.8. The topological polar surface area (TPSA) is 82.5 Å². The quantitative estimate of drug-likeness (QED) is 0.598. The highest BCUT2D eigenvalue weighted by Gasteiger charge is 2.11. The summed E-state index contributed by atoms with van der Waals surface area (Å²) in [6.45, 7) is 0.448. The number of ether oxygens (including phenoxy) is 2. The van der Waals surface area contributed by atoms with Gasteiger partial charge in [0.1, 0.15) is 5.02 Å². The molecule has 0 bridgehead atoms. The standard InChI is InChI=1S/C21H19Cl2N3O4/c1-29-17-8-3-13(11-18(17)30-2)9-10-24-20(27)14-4-6-15(7-5-14)26-21(28)19(23)16(22)12-25-26/h3-8,11-12H,9-10H2,1-2H3,(H,24,27). The van der Waals surface area contributed by atoms with Crippen molar-refractivity contribution < 1.29 is 14.3 Å². The first-order valence-corrected chi connectivity index (χ1v) is 9.73. The van der Waals surface area contributed by atoms with Crippen LogP contribution in [-0.2, 0) is 6.42 Å². The summed E-state index contributed by atoms with van der Waals surface area (Å²) in [5.41, 5.74) is 1.41. The van der Waals surface area contributed by atoms with Gasteiger partial charge >= 0.3 is 0 Å². The molecule has 0 saturated heterocycles. The van der Waals surface area contributed by atoms with Crippen LogP contribution in [0.4, 0.5) is 0 Å². The molecule has 0 fully saturated rings. The molecule has 3 rings (SSSR count). The third-order valence-electron chi connectivity index (χ3n) is 4.40. The zero-order chi connectivity index (χ0) is 21.7. The normalized spacial score (nSPS) is 10.5. The van der Waals surface area contributed by atoms with Gasteiger partial charge in [0.2, 0.25) is 0 Å². The number of aromatic nitrogens is 2. The molecule has 156 valence electrons. The van der Waals surface area contributed by atoms with Gasteiger partial charge in [-0.3, -0.25) is 9.59 Å². The molecule has 0 atom stereocenters. The van der Waals surface area contributed by atoms with E-state index in [1.807, 2.05) is 18.2 Å². The number of benzene rings is 2. The van der Waals surface area contributed by atoms with Crippen LogP contribution >= 0.6 is 23.2 Å². The Hall–Kier alpha value is -3.03. The number of hydrogen-bond donors (Lipinski definition) is 1. The minimum atomic E-state index is -0.531. The minimum Gasteiger partial charge on any atom is -0.493 e. The van der Waals surface area contributed by atoms with Gasteiger partial charge in [-0.25, -0.2) is 0 Å². The number of nitrogens with one attached hydrogen (secondary N) is 1. The maximum absolute atomic E-state index is 12.4. The molecule has 0 aliphatic heterocycles. The average Bonchev–Trinajstić information content (AvgIpc) is 2.77. The first-order valence-electron chi connectivity index (χ1n) is 8.97. The van der Waals surface area contributed by atoms with E-state index in [1.165, 1.54) is 6.20 Å². The highest BCUT2D eigenvalue weighted by Crippen LogP contribution is 2.27. The highest BCUT2D eigenvalue weighted by molar-refractivity contribution is 6.41. The lowest BCUT2D eigenvalue weighted by Crippen LogP contribution is -2.26. The van der Waals surface area contributed by atoms with Crippen LogP contribution in [0.3, 0.4) is 0 Å². The molecule has 0 aliphatic rings. The predicted molar refractivity (Wildman–Crippen MR) is 115 cm³/mol. The lowest BCUT2D eigenvalue weighted by Gasteiger charge is -2.10. The Balaban J connectivity index is 1.63. The Labute approximate surface area is 183 Å². The summed E-state index contributed by atoms with van der Waals surface area (Å²) in [4.78, 5) is 24.6. The van der Waals surface area contributed by atoms with E-state index in [2.05, 4.69) is 10.4 Å². The third-order valence-corrected chi connectivity index (χ3v) is 5.15. The van der Waals surface area contributed by atoms with Crippen LogP contribution in [0.15, 0.2) is 53.5 Å². The Morgan fingerprint density at radius 1 is 1.07 bits per heavy atom. The van der Waals surface area contributed by atoms with Gasteiger partial charge in [-0.15, -0.1) is 0 Å². The number of carbonyl (C=O) groups is 1. The maximum atomic E-state index is 12.4. The van der Waals surface area contributed by atoms with Crippen LogP contribution in [0.25, 0.3) is 5.69 Å². The van der Waals surface area contributed by atoms with Crippen LogP contribution in [0.5, 0.6) is 11.5 Å². The van der Waals surface area contributed by atoms with E-state index < -0.39 is 5.56 Å². The van der Waals surface area contributed by atoms with Gasteiger partial charge in [0.15, 0.2) is 11.5 Å². The van der Waals surface area contributed by atoms with Gasteiger partial charge < -0.3 is 14.8 Å². The van der Waals surface area contributed by atoms with Crippen molar-refractivity contribution in [1.29, 1.82) is 0 Å². The van der Waals surface area contributed by atoms with Gasteiger partial charge in [0.05, 0.1) is 31.1 Å². The lowest BCUT2D eigenvalue weighted by atomic mass is 10.1. The SMILES string of the molecule is COc1ccc(CCNC(=O)c2ccc(-n3ncc(Cl)c(Cl)c3=O)cc2)cc1OC. The molecule has 1 amide bonds. The second-order valence-electron chi connectivity index (χ2n) is 6.27. The Morgan fingerprint density at radius 3 is 2.43 bits per heavy atom. The molecule has 1 aromatic heterocycles. The summed E-state index contributed by atoms with van der Waals surface area (Å²) in [7, 11) is 3.16. The molecular formula is C21H19Cl2N3O4. The molecule has 0 spiro atoms. The van der Waals surface area contributed by atoms with E-state index in [9.17, 15) is 9.59 Å². The van der Waals surface area contributed by atoms with Crippen molar-refractivity contribution in [3.05, 3.63) is 80.2 Å². The van der Waals surface area contributed by atoms with E-state index in [-0.39, 0.29) is 16.0 Å². The van der Waals surface area contributed by atoms with Crippen molar-refractivity contribution in [3.8, 4) is 17.2 Å². The molecule has 7 nitrogen and oxygen atoms in total. The number of hydrogen-bond acceptors (Lipinski definition) is 5. The van der Waals surface area contributed by atoms with Crippen molar-refractivity contribution in [2.45, 2.75) is 6.42 Å². The van der Waals surface area contributed by atoms with Gasteiger partial charge in [-0.1, -0.05) is 29.3 Å². The molecule has 0 unspecified atom stereocenters. The number of rotatable bonds is 7. The van der Waals surface area contributed by atoms with E-state index in [0.717, 1.165) is 10.2 Å². The van der Waals surface area contributed by atoms with Crippen LogP contribution in [0.2, 0.25) is 10.0 Å². The third kappa shape index (κ3) is 4.75. The first kappa shape index (κ1) is 21.7. The van der Waals surface area contributed by atoms with E-state index >= 15 is 0 Å².